The number of nitrogens with zero attached hydrogens (tertiary/aromatic N) is 1. The molecule has 2 aliphatic heterocycles. The van der Waals surface area contributed by atoms with Crippen molar-refractivity contribution >= 4 is 5.78 Å². The molecule has 0 spiro atoms. The molecule has 0 aromatic heterocycles. The van der Waals surface area contributed by atoms with Gasteiger partial charge in [-0.05, 0) is 24.5 Å². The molecule has 3 rings (SSSR count). The average Bonchev–Trinajstić information content (AvgIpc) is 2.64. The summed E-state index contributed by atoms with van der Waals surface area (Å²) >= 11 is 0. The zero-order chi connectivity index (χ0) is 24.3. The molecule has 8 N–H and O–H groups in total. The number of hydrogen-bond donors (Lipinski definition) is 8. The third kappa shape index (κ3) is 3.98. The van der Waals surface area contributed by atoms with Gasteiger partial charge in [-0.25, -0.2) is 4.90 Å². The van der Waals surface area contributed by atoms with Gasteiger partial charge in [0.1, 0.15) is 5.78 Å². The molecule has 12 nitrogen and oxygen atoms in total. The SMILES string of the molecule is COc1cc2c(cc1OC(O)(O)O)C(O)(O)C(O)(O)N1CC(CCC(C)C)C(=O)CC21O. The largest absolute Gasteiger partial charge is 0.493 e. The maximum atomic E-state index is 12.8. The lowest BCUT2D eigenvalue weighted by atomic mass is 9.75. The Morgan fingerprint density at radius 1 is 1.09 bits per heavy atom. The van der Waals surface area contributed by atoms with Crippen LogP contribution in [0.4, 0.5) is 0 Å². The molecule has 0 amide bonds. The summed E-state index contributed by atoms with van der Waals surface area (Å²) in [5.41, 5.74) is -3.38. The minimum Gasteiger partial charge on any atom is -0.493 e. The molecular formula is C20H29NO11. The number of ketones is 1. The van der Waals surface area contributed by atoms with Gasteiger partial charge in [-0.15, -0.1) is 0 Å². The molecule has 0 bridgehead atoms. The van der Waals surface area contributed by atoms with E-state index >= 15 is 0 Å². The first-order chi connectivity index (χ1) is 14.5. The summed E-state index contributed by atoms with van der Waals surface area (Å²) in [5, 5.41) is 81.7. The van der Waals surface area contributed by atoms with E-state index in [0.29, 0.717) is 17.7 Å². The minimum atomic E-state index is -3.67. The molecule has 2 aliphatic rings. The van der Waals surface area contributed by atoms with Gasteiger partial charge in [0.05, 0.1) is 13.5 Å². The van der Waals surface area contributed by atoms with Crippen LogP contribution in [0, 0.1) is 11.8 Å². The molecule has 1 saturated heterocycles. The summed E-state index contributed by atoms with van der Waals surface area (Å²) in [4.78, 5) is 13.5. The van der Waals surface area contributed by atoms with Crippen LogP contribution in [0.3, 0.4) is 0 Å². The van der Waals surface area contributed by atoms with Crippen LogP contribution in [0.25, 0.3) is 0 Å². The highest BCUT2D eigenvalue weighted by molar-refractivity contribution is 5.83. The van der Waals surface area contributed by atoms with Crippen molar-refractivity contribution in [2.45, 2.75) is 56.7 Å². The quantitative estimate of drug-likeness (QED) is 0.216. The zero-order valence-electron chi connectivity index (χ0n) is 17.9. The highest BCUT2D eigenvalue weighted by Gasteiger charge is 2.67. The Kier molecular flexibility index (Phi) is 6.09. The maximum Gasteiger partial charge on any atom is 0.453 e. The van der Waals surface area contributed by atoms with Crippen molar-refractivity contribution in [1.29, 1.82) is 0 Å². The molecule has 0 radical (unpaired) electrons. The third-order valence-corrected chi connectivity index (χ3v) is 6.02. The van der Waals surface area contributed by atoms with E-state index in [-0.39, 0.29) is 29.6 Å². The first-order valence-electron chi connectivity index (χ1n) is 10.1. The van der Waals surface area contributed by atoms with Crippen LogP contribution in [0.5, 0.6) is 11.5 Å². The number of benzene rings is 1. The Morgan fingerprint density at radius 3 is 2.22 bits per heavy atom. The van der Waals surface area contributed by atoms with Crippen molar-refractivity contribution < 1.29 is 55.1 Å². The molecule has 2 atom stereocenters. The first kappa shape index (κ1) is 24.8. The third-order valence-electron chi connectivity index (χ3n) is 6.02. The number of aliphatic hydroxyl groups is 8. The van der Waals surface area contributed by atoms with Gasteiger partial charge in [-0.2, -0.15) is 0 Å². The molecule has 1 aromatic carbocycles. The smallest absolute Gasteiger partial charge is 0.453 e. The van der Waals surface area contributed by atoms with Gasteiger partial charge in [0.25, 0.3) is 11.7 Å². The van der Waals surface area contributed by atoms with Gasteiger partial charge < -0.3 is 50.3 Å². The highest BCUT2D eigenvalue weighted by Crippen LogP contribution is 2.53. The molecular weight excluding hydrogens is 430 g/mol. The van der Waals surface area contributed by atoms with Crippen LogP contribution in [0.15, 0.2) is 12.1 Å². The van der Waals surface area contributed by atoms with Crippen molar-refractivity contribution in [3.8, 4) is 11.5 Å². The Bertz CT molecular complexity index is 892. The molecule has 12 heteroatoms. The predicted molar refractivity (Wildman–Crippen MR) is 104 cm³/mol. The van der Waals surface area contributed by atoms with Gasteiger partial charge in [0.2, 0.25) is 0 Å². The number of carbonyl (C=O) groups excluding carboxylic acids is 1. The van der Waals surface area contributed by atoms with Gasteiger partial charge in [0.15, 0.2) is 17.2 Å². The predicted octanol–water partition coefficient (Wildman–Crippen LogP) is -2.08. The van der Waals surface area contributed by atoms with Gasteiger partial charge in [0, 0.05) is 23.6 Å². The van der Waals surface area contributed by atoms with Crippen molar-refractivity contribution in [3.63, 3.8) is 0 Å². The summed E-state index contributed by atoms with van der Waals surface area (Å²) in [6.07, 6.45) is -3.20. The number of hydrogen-bond acceptors (Lipinski definition) is 12. The molecule has 1 fully saturated rings. The number of Topliss-reactive ketones (excluding diaryl/α,β-unsaturated/α-hetero) is 1. The van der Waals surface area contributed by atoms with E-state index in [2.05, 4.69) is 4.74 Å². The number of ether oxygens (including phenoxy) is 2. The van der Waals surface area contributed by atoms with Crippen LogP contribution in [-0.4, -0.2) is 77.3 Å². The number of fused-ring (bicyclic) bond motifs is 3. The fourth-order valence-electron chi connectivity index (χ4n) is 4.30. The Morgan fingerprint density at radius 2 is 1.69 bits per heavy atom. The first-order valence-corrected chi connectivity index (χ1v) is 10.1. The summed E-state index contributed by atoms with van der Waals surface area (Å²) in [6.45, 7) is 3.55. The van der Waals surface area contributed by atoms with Crippen LogP contribution in [0.2, 0.25) is 0 Å². The molecule has 2 unspecified atom stereocenters. The van der Waals surface area contributed by atoms with Crippen LogP contribution >= 0.6 is 0 Å². The molecule has 0 saturated carbocycles. The topological polar surface area (TPSA) is 201 Å². The summed E-state index contributed by atoms with van der Waals surface area (Å²) in [7, 11) is 1.15. The number of methoxy groups -OCH3 is 1. The van der Waals surface area contributed by atoms with Gasteiger partial charge in [-0.3, -0.25) is 4.79 Å². The fourth-order valence-corrected chi connectivity index (χ4v) is 4.30. The van der Waals surface area contributed by atoms with Crippen molar-refractivity contribution in [2.24, 2.45) is 11.8 Å². The second kappa shape index (κ2) is 7.87. The van der Waals surface area contributed by atoms with E-state index < -0.39 is 47.2 Å². The molecule has 0 aliphatic carbocycles. The minimum absolute atomic E-state index is 0.271. The lowest BCUT2D eigenvalue weighted by molar-refractivity contribution is -0.463. The Labute approximate surface area is 183 Å². The van der Waals surface area contributed by atoms with E-state index in [1.54, 1.807) is 0 Å². The molecule has 2 heterocycles. The molecule has 180 valence electrons. The summed E-state index contributed by atoms with van der Waals surface area (Å²) in [6, 6.07) is 1.74. The second-order valence-corrected chi connectivity index (χ2v) is 8.77. The molecule has 1 aromatic rings. The van der Waals surface area contributed by atoms with Crippen LogP contribution in [0.1, 0.15) is 44.2 Å². The second-order valence-electron chi connectivity index (χ2n) is 8.77. The van der Waals surface area contributed by atoms with E-state index in [9.17, 15) is 30.3 Å². The van der Waals surface area contributed by atoms with Crippen molar-refractivity contribution in [3.05, 3.63) is 23.3 Å². The van der Waals surface area contributed by atoms with Gasteiger partial charge >= 0.3 is 6.16 Å². The fraction of sp³-hybridized carbons (Fsp3) is 0.650. The van der Waals surface area contributed by atoms with Crippen molar-refractivity contribution in [2.75, 3.05) is 13.7 Å². The summed E-state index contributed by atoms with van der Waals surface area (Å²) < 4.78 is 9.56. The van der Waals surface area contributed by atoms with Gasteiger partial charge in [-0.1, -0.05) is 20.3 Å². The number of piperidine rings is 1. The summed E-state index contributed by atoms with van der Waals surface area (Å²) in [5.74, 6) is -8.56. The number of carbonyl (C=O) groups is 1. The number of rotatable bonds is 6. The van der Waals surface area contributed by atoms with Crippen LogP contribution < -0.4 is 9.47 Å². The highest BCUT2D eigenvalue weighted by atomic mass is 16.9. The van der Waals surface area contributed by atoms with Crippen LogP contribution in [-0.2, 0) is 16.3 Å². The van der Waals surface area contributed by atoms with E-state index in [0.717, 1.165) is 19.2 Å². The van der Waals surface area contributed by atoms with Crippen molar-refractivity contribution in [1.82, 2.24) is 4.90 Å². The molecule has 32 heavy (non-hydrogen) atoms. The van der Waals surface area contributed by atoms with E-state index in [1.165, 1.54) is 0 Å². The standard InChI is InChI=1S/C20H29NO11/c1-10(2)4-5-11-9-21-17(23,8-14(11)22)12-6-15(31-3)16(32-20(28,29)30)7-13(12)18(24,25)19(21,26)27/h6-7,10-11,23-30H,4-5,8-9H2,1-3H3. The lowest BCUT2D eigenvalue weighted by Crippen LogP contribution is -2.75. The van der Waals surface area contributed by atoms with E-state index in [4.69, 9.17) is 20.1 Å². The lowest BCUT2D eigenvalue weighted by Gasteiger charge is -2.57. The monoisotopic (exact) mass is 459 g/mol. The zero-order valence-corrected chi connectivity index (χ0v) is 17.9. The Hall–Kier alpha value is -1.87. The maximum absolute atomic E-state index is 12.8. The normalized spacial score (nSPS) is 27.1. The average molecular weight is 459 g/mol. The van der Waals surface area contributed by atoms with E-state index in [1.807, 2.05) is 13.8 Å². The Balaban J connectivity index is 2.16.